The molecule has 0 saturated carbocycles. The molecule has 1 heterocycles. The molecule has 0 radical (unpaired) electrons. The number of carbonyl (C=O) groups excluding carboxylic acids is 3. The highest BCUT2D eigenvalue weighted by atomic mass is 79.9. The van der Waals surface area contributed by atoms with Crippen LogP contribution in [0, 0.1) is 0 Å². The van der Waals surface area contributed by atoms with Crippen LogP contribution in [0.25, 0.3) is 16.8 Å². The molecule has 0 unspecified atom stereocenters. The van der Waals surface area contributed by atoms with E-state index in [0.29, 0.717) is 41.2 Å². The van der Waals surface area contributed by atoms with E-state index in [1.54, 1.807) is 25.1 Å². The highest BCUT2D eigenvalue weighted by Crippen LogP contribution is 2.40. The van der Waals surface area contributed by atoms with E-state index in [0.717, 1.165) is 33.0 Å². The number of benzene rings is 3. The summed E-state index contributed by atoms with van der Waals surface area (Å²) >= 11 is 4.36. The van der Waals surface area contributed by atoms with E-state index >= 15 is 0 Å². The molecule has 1 atom stereocenters. The lowest BCUT2D eigenvalue weighted by molar-refractivity contribution is -0.150. The Morgan fingerprint density at radius 3 is 2.61 bits per heavy atom. The smallest absolute Gasteiger partial charge is 0.326 e. The van der Waals surface area contributed by atoms with Crippen LogP contribution in [0.2, 0.25) is 0 Å². The Kier molecular flexibility index (Phi) is 9.12. The van der Waals surface area contributed by atoms with Crippen molar-refractivity contribution in [2.75, 3.05) is 13.2 Å². The van der Waals surface area contributed by atoms with Gasteiger partial charge in [-0.25, -0.2) is 0 Å². The van der Waals surface area contributed by atoms with Crippen molar-refractivity contribution < 1.29 is 28.6 Å². The summed E-state index contributed by atoms with van der Waals surface area (Å²) in [6.45, 7) is 5.85. The minimum atomic E-state index is -0.614. The van der Waals surface area contributed by atoms with Crippen LogP contribution in [0.4, 0.5) is 4.79 Å². The number of hydrogen-bond donors (Lipinski definition) is 0. The summed E-state index contributed by atoms with van der Waals surface area (Å²) in [6, 6.07) is 17.8. The second-order valence-electron chi connectivity index (χ2n) is 8.67. The number of hydrogen-bond acceptors (Lipinski definition) is 7. The lowest BCUT2D eigenvalue weighted by Gasteiger charge is -2.16. The number of carbonyl (C=O) groups is 3. The number of amides is 2. The SMILES string of the molecule is CCOc1cc(/C=C2/SC(=O)N(CC(=O)O[C@@H](C)CC)C2=O)cc(Br)c1OCc1cccc2ccccc12. The van der Waals surface area contributed by atoms with Crippen molar-refractivity contribution in [2.45, 2.75) is 39.9 Å². The zero-order valence-electron chi connectivity index (χ0n) is 21.4. The Morgan fingerprint density at radius 1 is 1.08 bits per heavy atom. The number of nitrogens with zero attached hydrogens (tertiary/aromatic N) is 1. The Hall–Kier alpha value is -3.30. The van der Waals surface area contributed by atoms with Gasteiger partial charge >= 0.3 is 5.97 Å². The van der Waals surface area contributed by atoms with Gasteiger partial charge in [0.05, 0.1) is 22.1 Å². The summed E-state index contributed by atoms with van der Waals surface area (Å²) < 4.78 is 17.9. The van der Waals surface area contributed by atoms with Gasteiger partial charge in [-0.1, -0.05) is 49.4 Å². The predicted molar refractivity (Wildman–Crippen MR) is 152 cm³/mol. The monoisotopic (exact) mass is 597 g/mol. The molecule has 2 amide bonds. The van der Waals surface area contributed by atoms with Crippen LogP contribution < -0.4 is 9.47 Å². The predicted octanol–water partition coefficient (Wildman–Crippen LogP) is 6.96. The van der Waals surface area contributed by atoms with Crippen LogP contribution >= 0.6 is 27.7 Å². The number of rotatable bonds is 10. The van der Waals surface area contributed by atoms with Crippen molar-refractivity contribution in [1.82, 2.24) is 4.90 Å². The van der Waals surface area contributed by atoms with Gasteiger partial charge in [0.2, 0.25) is 0 Å². The Bertz CT molecular complexity index is 1400. The maximum Gasteiger partial charge on any atom is 0.326 e. The summed E-state index contributed by atoms with van der Waals surface area (Å²) in [6.07, 6.45) is 1.97. The van der Waals surface area contributed by atoms with Crippen LogP contribution in [0.3, 0.4) is 0 Å². The molecule has 7 nitrogen and oxygen atoms in total. The van der Waals surface area contributed by atoms with Gasteiger partial charge in [-0.3, -0.25) is 19.3 Å². The average molecular weight is 599 g/mol. The quantitative estimate of drug-likeness (QED) is 0.184. The minimum Gasteiger partial charge on any atom is -0.490 e. The number of esters is 1. The lowest BCUT2D eigenvalue weighted by Crippen LogP contribution is -2.35. The summed E-state index contributed by atoms with van der Waals surface area (Å²) in [5.41, 5.74) is 1.69. The number of imide groups is 1. The zero-order chi connectivity index (χ0) is 27.2. The van der Waals surface area contributed by atoms with E-state index in [-0.39, 0.29) is 11.0 Å². The van der Waals surface area contributed by atoms with E-state index in [1.807, 2.05) is 38.1 Å². The fourth-order valence-corrected chi connectivity index (χ4v) is 5.32. The largest absolute Gasteiger partial charge is 0.490 e. The topological polar surface area (TPSA) is 82.1 Å². The third-order valence-electron chi connectivity index (χ3n) is 5.95. The van der Waals surface area contributed by atoms with Gasteiger partial charge in [-0.05, 0) is 88.1 Å². The second kappa shape index (κ2) is 12.5. The number of halogens is 1. The van der Waals surface area contributed by atoms with Crippen molar-refractivity contribution in [2.24, 2.45) is 0 Å². The summed E-state index contributed by atoms with van der Waals surface area (Å²) in [5, 5.41) is 1.74. The molecule has 1 aliphatic rings. The highest BCUT2D eigenvalue weighted by Gasteiger charge is 2.37. The molecular formula is C29H28BrNO6S. The molecule has 1 saturated heterocycles. The third-order valence-corrected chi connectivity index (χ3v) is 7.45. The fraction of sp³-hybridized carbons (Fsp3) is 0.276. The van der Waals surface area contributed by atoms with Crippen molar-refractivity contribution in [1.29, 1.82) is 0 Å². The average Bonchev–Trinajstić information content (AvgIpc) is 3.15. The molecule has 0 N–H and O–H groups in total. The van der Waals surface area contributed by atoms with Gasteiger partial charge < -0.3 is 14.2 Å². The maximum atomic E-state index is 12.9. The standard InChI is InChI=1S/C29H28BrNO6S/c1-4-18(3)37-26(32)16-31-28(33)25(38-29(31)34)15-19-13-23(30)27(24(14-19)35-5-2)36-17-21-11-8-10-20-9-6-7-12-22(20)21/h6-15,18H,4-5,16-17H2,1-3H3/b25-15+/t18-/m0/s1. The molecule has 198 valence electrons. The minimum absolute atomic E-state index is 0.213. The van der Waals surface area contributed by atoms with E-state index in [9.17, 15) is 14.4 Å². The molecule has 4 rings (SSSR count). The molecule has 38 heavy (non-hydrogen) atoms. The molecule has 0 bridgehead atoms. The van der Waals surface area contributed by atoms with E-state index < -0.39 is 23.7 Å². The Balaban J connectivity index is 1.54. The lowest BCUT2D eigenvalue weighted by atomic mass is 10.1. The Morgan fingerprint density at radius 2 is 1.84 bits per heavy atom. The number of thioether (sulfide) groups is 1. The highest BCUT2D eigenvalue weighted by molar-refractivity contribution is 9.10. The van der Waals surface area contributed by atoms with Crippen LogP contribution in [-0.4, -0.2) is 41.3 Å². The number of fused-ring (bicyclic) bond motifs is 1. The van der Waals surface area contributed by atoms with Crippen molar-refractivity contribution >= 4 is 61.7 Å². The molecule has 9 heteroatoms. The van der Waals surface area contributed by atoms with Crippen LogP contribution in [0.15, 0.2) is 64.0 Å². The molecule has 0 aromatic heterocycles. The van der Waals surface area contributed by atoms with Gasteiger partial charge in [0.1, 0.15) is 13.2 Å². The first kappa shape index (κ1) is 27.7. The van der Waals surface area contributed by atoms with E-state index in [4.69, 9.17) is 14.2 Å². The first-order valence-electron chi connectivity index (χ1n) is 12.3. The van der Waals surface area contributed by atoms with Crippen LogP contribution in [0.1, 0.15) is 38.3 Å². The molecule has 0 aliphatic carbocycles. The van der Waals surface area contributed by atoms with Crippen molar-refractivity contribution in [3.8, 4) is 11.5 Å². The van der Waals surface area contributed by atoms with E-state index in [2.05, 4.69) is 34.1 Å². The molecule has 1 aliphatic heterocycles. The zero-order valence-corrected chi connectivity index (χ0v) is 23.8. The van der Waals surface area contributed by atoms with Crippen molar-refractivity contribution in [3.05, 3.63) is 75.1 Å². The molecule has 3 aromatic rings. The molecular weight excluding hydrogens is 570 g/mol. The first-order valence-corrected chi connectivity index (χ1v) is 13.9. The van der Waals surface area contributed by atoms with Gasteiger partial charge in [0.25, 0.3) is 11.1 Å². The fourth-order valence-electron chi connectivity index (χ4n) is 3.90. The Labute approximate surface area is 234 Å². The van der Waals surface area contributed by atoms with Crippen LogP contribution in [0.5, 0.6) is 11.5 Å². The van der Waals surface area contributed by atoms with Crippen molar-refractivity contribution in [3.63, 3.8) is 0 Å². The van der Waals surface area contributed by atoms with Crippen LogP contribution in [-0.2, 0) is 20.9 Å². The molecule has 3 aromatic carbocycles. The van der Waals surface area contributed by atoms with Gasteiger partial charge in [-0.2, -0.15) is 0 Å². The van der Waals surface area contributed by atoms with E-state index in [1.165, 1.54) is 0 Å². The summed E-state index contributed by atoms with van der Waals surface area (Å²) in [5.74, 6) is -0.106. The summed E-state index contributed by atoms with van der Waals surface area (Å²) in [7, 11) is 0. The summed E-state index contributed by atoms with van der Waals surface area (Å²) in [4.78, 5) is 38.6. The molecule has 1 fully saturated rings. The third kappa shape index (κ3) is 6.39. The van der Waals surface area contributed by atoms with Gasteiger partial charge in [-0.15, -0.1) is 0 Å². The maximum absolute atomic E-state index is 12.9. The number of ether oxygens (including phenoxy) is 3. The molecule has 0 spiro atoms. The second-order valence-corrected chi connectivity index (χ2v) is 10.5. The van der Waals surface area contributed by atoms with Gasteiger partial charge in [0.15, 0.2) is 11.5 Å². The first-order chi connectivity index (χ1) is 18.3. The normalized spacial score (nSPS) is 15.3. The van der Waals surface area contributed by atoms with Gasteiger partial charge in [0, 0.05) is 0 Å².